The molecule has 8 nitrogen and oxygen atoms in total. The average Bonchev–Trinajstić information content (AvgIpc) is 3.15. The summed E-state index contributed by atoms with van der Waals surface area (Å²) in [5.41, 5.74) is -1.63. The molecule has 0 spiro atoms. The van der Waals surface area contributed by atoms with Crippen LogP contribution in [0.4, 0.5) is 23.8 Å². The zero-order valence-corrected chi connectivity index (χ0v) is 18.2. The molecule has 2 aliphatic heterocycles. The first-order chi connectivity index (χ1) is 14.3. The van der Waals surface area contributed by atoms with Gasteiger partial charge in [-0.05, 0) is 40.5 Å². The van der Waals surface area contributed by atoms with Gasteiger partial charge in [-0.3, -0.25) is 9.69 Å². The minimum atomic E-state index is -4.55. The number of likely N-dealkylation sites (tertiary alicyclic amines) is 1. The van der Waals surface area contributed by atoms with Gasteiger partial charge in [0.15, 0.2) is 0 Å². The number of rotatable bonds is 2. The lowest BCUT2D eigenvalue weighted by Gasteiger charge is -2.38. The van der Waals surface area contributed by atoms with E-state index in [-0.39, 0.29) is 17.5 Å². The van der Waals surface area contributed by atoms with Crippen molar-refractivity contribution in [3.8, 4) is 0 Å². The van der Waals surface area contributed by atoms with Gasteiger partial charge in [0, 0.05) is 38.8 Å². The van der Waals surface area contributed by atoms with Crippen LogP contribution in [0.5, 0.6) is 0 Å². The number of ether oxygens (including phenoxy) is 1. The third-order valence-corrected chi connectivity index (χ3v) is 5.20. The van der Waals surface area contributed by atoms with Crippen LogP contribution < -0.4 is 4.90 Å². The Bertz CT molecular complexity index is 832. The molecule has 1 aromatic rings. The summed E-state index contributed by atoms with van der Waals surface area (Å²) < 4.78 is 44.6. The second-order valence-electron chi connectivity index (χ2n) is 8.80. The monoisotopic (exact) mass is 443 g/mol. The molecule has 2 amide bonds. The Balaban J connectivity index is 1.64. The van der Waals surface area contributed by atoms with Crippen molar-refractivity contribution < 1.29 is 27.5 Å². The van der Waals surface area contributed by atoms with E-state index in [1.807, 2.05) is 0 Å². The third-order valence-electron chi connectivity index (χ3n) is 5.20. The Morgan fingerprint density at radius 3 is 2.29 bits per heavy atom. The normalized spacial score (nSPS) is 20.2. The van der Waals surface area contributed by atoms with Crippen molar-refractivity contribution in [1.82, 2.24) is 19.8 Å². The van der Waals surface area contributed by atoms with Gasteiger partial charge in [0.1, 0.15) is 29.0 Å². The van der Waals surface area contributed by atoms with Gasteiger partial charge in [0.2, 0.25) is 5.91 Å². The van der Waals surface area contributed by atoms with Crippen LogP contribution in [0.15, 0.2) is 6.07 Å². The standard InChI is InChI=1S/C20H28F3N5O3/c1-13-24-15(20(21,22)23)12-16(25-13)26-8-10-27(11-9-26)17(29)14-6-5-7-28(14)18(30)31-19(2,3)4/h12,14H,5-11H2,1-4H3/t14-/m1/s1. The maximum absolute atomic E-state index is 13.1. The zero-order chi connectivity index (χ0) is 23.0. The molecule has 172 valence electrons. The van der Waals surface area contributed by atoms with E-state index in [9.17, 15) is 22.8 Å². The van der Waals surface area contributed by atoms with Gasteiger partial charge in [0.05, 0.1) is 0 Å². The summed E-state index contributed by atoms with van der Waals surface area (Å²) in [6, 6.07) is 0.366. The summed E-state index contributed by atoms with van der Waals surface area (Å²) in [5.74, 6) is 0.0864. The molecular weight excluding hydrogens is 415 g/mol. The molecule has 0 saturated carbocycles. The first-order valence-electron chi connectivity index (χ1n) is 10.3. The molecule has 0 unspecified atom stereocenters. The van der Waals surface area contributed by atoms with Gasteiger partial charge in [-0.25, -0.2) is 14.8 Å². The van der Waals surface area contributed by atoms with Crippen LogP contribution in [0.1, 0.15) is 45.1 Å². The van der Waals surface area contributed by atoms with Crippen molar-refractivity contribution in [3.63, 3.8) is 0 Å². The molecule has 1 aromatic heterocycles. The van der Waals surface area contributed by atoms with Crippen LogP contribution in [0.3, 0.4) is 0 Å². The van der Waals surface area contributed by atoms with Crippen LogP contribution in [0.25, 0.3) is 0 Å². The fourth-order valence-corrected chi connectivity index (χ4v) is 3.79. The van der Waals surface area contributed by atoms with Gasteiger partial charge in [0.25, 0.3) is 0 Å². The van der Waals surface area contributed by atoms with Gasteiger partial charge >= 0.3 is 12.3 Å². The predicted octanol–water partition coefficient (Wildman–Crippen LogP) is 2.85. The summed E-state index contributed by atoms with van der Waals surface area (Å²) in [6.45, 7) is 8.57. The smallest absolute Gasteiger partial charge is 0.433 e. The molecule has 0 aliphatic carbocycles. The number of alkyl halides is 3. The molecule has 0 N–H and O–H groups in total. The highest BCUT2D eigenvalue weighted by molar-refractivity contribution is 5.86. The molecule has 2 aliphatic rings. The maximum Gasteiger partial charge on any atom is 0.433 e. The largest absolute Gasteiger partial charge is 0.444 e. The quantitative estimate of drug-likeness (QED) is 0.700. The van der Waals surface area contributed by atoms with E-state index in [1.54, 1.807) is 30.6 Å². The lowest BCUT2D eigenvalue weighted by Crippen LogP contribution is -2.55. The Morgan fingerprint density at radius 2 is 1.71 bits per heavy atom. The number of anilines is 1. The molecule has 0 radical (unpaired) electrons. The van der Waals surface area contributed by atoms with Crippen LogP contribution >= 0.6 is 0 Å². The number of amides is 2. The van der Waals surface area contributed by atoms with E-state index >= 15 is 0 Å². The van der Waals surface area contributed by atoms with Crippen molar-refractivity contribution in [3.05, 3.63) is 17.6 Å². The minimum Gasteiger partial charge on any atom is -0.444 e. The first-order valence-corrected chi connectivity index (χ1v) is 10.3. The highest BCUT2D eigenvalue weighted by atomic mass is 19.4. The van der Waals surface area contributed by atoms with Gasteiger partial charge in [-0.2, -0.15) is 13.2 Å². The average molecular weight is 443 g/mol. The molecule has 0 aromatic carbocycles. The lowest BCUT2D eigenvalue weighted by molar-refractivity contribution is -0.141. The Kier molecular flexibility index (Phi) is 6.33. The van der Waals surface area contributed by atoms with Gasteiger partial charge in [-0.1, -0.05) is 0 Å². The molecule has 11 heteroatoms. The topological polar surface area (TPSA) is 78.9 Å². The van der Waals surface area contributed by atoms with Crippen LogP contribution in [-0.2, 0) is 15.7 Å². The molecular formula is C20H28F3N5O3. The van der Waals surface area contributed by atoms with Crippen molar-refractivity contribution in [2.24, 2.45) is 0 Å². The van der Waals surface area contributed by atoms with Gasteiger partial charge in [-0.15, -0.1) is 0 Å². The highest BCUT2D eigenvalue weighted by Crippen LogP contribution is 2.30. The van der Waals surface area contributed by atoms with Crippen molar-refractivity contribution in [2.45, 2.75) is 58.4 Å². The SMILES string of the molecule is Cc1nc(N2CCN(C(=O)[C@H]3CCCN3C(=O)OC(C)(C)C)CC2)cc(C(F)(F)F)n1. The van der Waals surface area contributed by atoms with E-state index in [2.05, 4.69) is 9.97 Å². The summed E-state index contributed by atoms with van der Waals surface area (Å²) in [5, 5.41) is 0. The van der Waals surface area contributed by atoms with Crippen molar-refractivity contribution >= 4 is 17.8 Å². The second kappa shape index (κ2) is 8.51. The number of piperazine rings is 1. The molecule has 1 atom stereocenters. The van der Waals surface area contributed by atoms with E-state index in [0.717, 1.165) is 12.5 Å². The number of aryl methyl sites for hydroxylation is 1. The van der Waals surface area contributed by atoms with Crippen molar-refractivity contribution in [2.75, 3.05) is 37.6 Å². The van der Waals surface area contributed by atoms with E-state index in [0.29, 0.717) is 39.1 Å². The first kappa shape index (κ1) is 23.1. The molecule has 3 rings (SSSR count). The van der Waals surface area contributed by atoms with Crippen molar-refractivity contribution in [1.29, 1.82) is 0 Å². The third kappa shape index (κ3) is 5.56. The highest BCUT2D eigenvalue weighted by Gasteiger charge is 2.39. The predicted molar refractivity (Wildman–Crippen MR) is 107 cm³/mol. The fraction of sp³-hybridized carbons (Fsp3) is 0.700. The Labute approximate surface area is 179 Å². The molecule has 31 heavy (non-hydrogen) atoms. The minimum absolute atomic E-state index is 0.0438. The zero-order valence-electron chi connectivity index (χ0n) is 18.2. The summed E-state index contributed by atoms with van der Waals surface area (Å²) in [7, 11) is 0. The fourth-order valence-electron chi connectivity index (χ4n) is 3.79. The number of hydrogen-bond acceptors (Lipinski definition) is 6. The van der Waals surface area contributed by atoms with E-state index in [4.69, 9.17) is 4.74 Å². The number of nitrogens with zero attached hydrogens (tertiary/aromatic N) is 5. The molecule has 2 saturated heterocycles. The van der Waals surface area contributed by atoms with Crippen LogP contribution in [-0.4, -0.2) is 76.1 Å². The number of carbonyl (C=O) groups is 2. The van der Waals surface area contributed by atoms with Crippen LogP contribution in [0, 0.1) is 6.92 Å². The van der Waals surface area contributed by atoms with Crippen LogP contribution in [0.2, 0.25) is 0 Å². The number of hydrogen-bond donors (Lipinski definition) is 0. The number of carbonyl (C=O) groups excluding carboxylic acids is 2. The van der Waals surface area contributed by atoms with Gasteiger partial charge < -0.3 is 14.5 Å². The number of aromatic nitrogens is 2. The Hall–Kier alpha value is -2.59. The Morgan fingerprint density at radius 1 is 1.06 bits per heavy atom. The summed E-state index contributed by atoms with van der Waals surface area (Å²) >= 11 is 0. The summed E-state index contributed by atoms with van der Waals surface area (Å²) in [4.78, 5) is 38.0. The van der Waals surface area contributed by atoms with E-state index < -0.39 is 29.6 Å². The summed E-state index contributed by atoms with van der Waals surface area (Å²) in [6.07, 6.45) is -3.76. The second-order valence-corrected chi connectivity index (χ2v) is 8.80. The number of halogens is 3. The molecule has 3 heterocycles. The lowest BCUT2D eigenvalue weighted by atomic mass is 10.1. The molecule has 2 fully saturated rings. The maximum atomic E-state index is 13.1. The van der Waals surface area contributed by atoms with E-state index in [1.165, 1.54) is 11.8 Å². The molecule has 0 bridgehead atoms.